The van der Waals surface area contributed by atoms with Crippen LogP contribution >= 0.6 is 0 Å². The summed E-state index contributed by atoms with van der Waals surface area (Å²) in [5.74, 6) is -0.239. The van der Waals surface area contributed by atoms with Crippen molar-refractivity contribution in [3.05, 3.63) is 83.4 Å². The second-order valence-corrected chi connectivity index (χ2v) is 5.98. The SMILES string of the molecule is CC1(c2cccc3ccccc23)Cc2ccccc2C(=O)O1. The lowest BCUT2D eigenvalue weighted by Crippen LogP contribution is -2.36. The Hall–Kier alpha value is -2.61. The number of rotatable bonds is 1. The van der Waals surface area contributed by atoms with Gasteiger partial charge < -0.3 is 4.74 Å². The van der Waals surface area contributed by atoms with Crippen molar-refractivity contribution >= 4 is 16.7 Å². The molecule has 1 heterocycles. The Bertz CT molecular complexity index is 876. The van der Waals surface area contributed by atoms with Crippen LogP contribution in [0.2, 0.25) is 0 Å². The molecule has 22 heavy (non-hydrogen) atoms. The third-order valence-electron chi connectivity index (χ3n) is 4.44. The lowest BCUT2D eigenvalue weighted by atomic mass is 9.82. The van der Waals surface area contributed by atoms with Gasteiger partial charge in [-0.15, -0.1) is 0 Å². The van der Waals surface area contributed by atoms with E-state index in [0.29, 0.717) is 12.0 Å². The Balaban J connectivity index is 1.90. The maximum Gasteiger partial charge on any atom is 0.339 e. The number of fused-ring (bicyclic) bond motifs is 2. The van der Waals surface area contributed by atoms with Crippen LogP contribution in [0.1, 0.15) is 28.4 Å². The summed E-state index contributed by atoms with van der Waals surface area (Å²) in [5.41, 5.74) is 2.16. The standard InChI is InChI=1S/C20H16O2/c1-20(13-15-8-3-5-11-17(15)19(21)22-20)18-12-6-9-14-7-2-4-10-16(14)18/h2-12H,13H2,1H3. The number of carbonyl (C=O) groups excluding carboxylic acids is 1. The summed E-state index contributed by atoms with van der Waals surface area (Å²) in [5, 5.41) is 2.30. The van der Waals surface area contributed by atoms with Gasteiger partial charge in [-0.1, -0.05) is 60.7 Å². The topological polar surface area (TPSA) is 26.3 Å². The fraction of sp³-hybridized carbons (Fsp3) is 0.150. The molecule has 4 rings (SSSR count). The first-order valence-electron chi connectivity index (χ1n) is 7.47. The molecule has 1 unspecified atom stereocenters. The van der Waals surface area contributed by atoms with Crippen LogP contribution in [0, 0.1) is 0 Å². The molecule has 0 aliphatic carbocycles. The van der Waals surface area contributed by atoms with Crippen molar-refractivity contribution in [1.29, 1.82) is 0 Å². The molecular formula is C20H16O2. The van der Waals surface area contributed by atoms with Gasteiger partial charge in [0.1, 0.15) is 5.60 Å². The van der Waals surface area contributed by atoms with Gasteiger partial charge in [0.25, 0.3) is 0 Å². The van der Waals surface area contributed by atoms with Crippen LogP contribution in [0.4, 0.5) is 0 Å². The van der Waals surface area contributed by atoms with E-state index in [-0.39, 0.29) is 5.97 Å². The Morgan fingerprint density at radius 1 is 0.909 bits per heavy atom. The molecule has 2 heteroatoms. The van der Waals surface area contributed by atoms with E-state index in [4.69, 9.17) is 4.74 Å². The quantitative estimate of drug-likeness (QED) is 0.618. The van der Waals surface area contributed by atoms with E-state index in [1.54, 1.807) is 0 Å². The van der Waals surface area contributed by atoms with Gasteiger partial charge in [0.2, 0.25) is 0 Å². The van der Waals surface area contributed by atoms with Crippen molar-refractivity contribution < 1.29 is 9.53 Å². The number of carbonyl (C=O) groups is 1. The predicted octanol–water partition coefficient (Wildman–Crippen LogP) is 4.47. The van der Waals surface area contributed by atoms with Crippen molar-refractivity contribution in [2.75, 3.05) is 0 Å². The van der Waals surface area contributed by atoms with Gasteiger partial charge in [0.15, 0.2) is 0 Å². The third kappa shape index (κ3) is 1.92. The Labute approximate surface area is 129 Å². The highest BCUT2D eigenvalue weighted by Gasteiger charge is 2.38. The predicted molar refractivity (Wildman–Crippen MR) is 86.9 cm³/mol. The molecule has 1 atom stereocenters. The first-order valence-corrected chi connectivity index (χ1v) is 7.47. The molecule has 2 nitrogen and oxygen atoms in total. The van der Waals surface area contributed by atoms with E-state index in [2.05, 4.69) is 24.3 Å². The van der Waals surface area contributed by atoms with E-state index in [1.165, 1.54) is 0 Å². The molecular weight excluding hydrogens is 272 g/mol. The molecule has 0 bridgehead atoms. The van der Waals surface area contributed by atoms with Crippen LogP contribution in [0.25, 0.3) is 10.8 Å². The van der Waals surface area contributed by atoms with Crippen molar-refractivity contribution in [2.45, 2.75) is 18.9 Å². The lowest BCUT2D eigenvalue weighted by Gasteiger charge is -2.35. The zero-order valence-electron chi connectivity index (χ0n) is 12.4. The summed E-state index contributed by atoms with van der Waals surface area (Å²) < 4.78 is 5.86. The number of benzene rings is 3. The number of hydrogen-bond donors (Lipinski definition) is 0. The fourth-order valence-corrected chi connectivity index (χ4v) is 3.37. The normalized spacial score (nSPS) is 20.5. The maximum atomic E-state index is 12.4. The van der Waals surface area contributed by atoms with Crippen molar-refractivity contribution in [3.63, 3.8) is 0 Å². The number of esters is 1. The average Bonchev–Trinajstić information content (AvgIpc) is 2.54. The molecule has 0 saturated heterocycles. The molecule has 0 amide bonds. The molecule has 1 aliphatic rings. The van der Waals surface area contributed by atoms with Gasteiger partial charge in [-0.3, -0.25) is 0 Å². The molecule has 0 aromatic heterocycles. The Kier molecular flexibility index (Phi) is 2.80. The van der Waals surface area contributed by atoms with E-state index in [9.17, 15) is 4.79 Å². The van der Waals surface area contributed by atoms with E-state index >= 15 is 0 Å². The third-order valence-corrected chi connectivity index (χ3v) is 4.44. The van der Waals surface area contributed by atoms with Crippen molar-refractivity contribution in [3.8, 4) is 0 Å². The summed E-state index contributed by atoms with van der Waals surface area (Å²) in [6.45, 7) is 2.00. The molecule has 0 fully saturated rings. The van der Waals surface area contributed by atoms with Crippen molar-refractivity contribution in [2.24, 2.45) is 0 Å². The summed E-state index contributed by atoms with van der Waals surface area (Å²) >= 11 is 0. The van der Waals surface area contributed by atoms with Gasteiger partial charge in [0.05, 0.1) is 5.56 Å². The summed E-state index contributed by atoms with van der Waals surface area (Å²) in [4.78, 5) is 12.4. The Morgan fingerprint density at radius 2 is 1.64 bits per heavy atom. The number of ether oxygens (including phenoxy) is 1. The molecule has 0 radical (unpaired) electrons. The zero-order chi connectivity index (χ0) is 15.2. The van der Waals surface area contributed by atoms with E-state index in [0.717, 1.165) is 21.9 Å². The second kappa shape index (κ2) is 4.70. The lowest BCUT2D eigenvalue weighted by molar-refractivity contribution is -0.0175. The van der Waals surface area contributed by atoms with Crippen molar-refractivity contribution in [1.82, 2.24) is 0 Å². The molecule has 108 valence electrons. The van der Waals surface area contributed by atoms with Gasteiger partial charge in [0, 0.05) is 12.0 Å². The molecule has 0 N–H and O–H groups in total. The average molecular weight is 288 g/mol. The molecule has 3 aromatic rings. The monoisotopic (exact) mass is 288 g/mol. The van der Waals surface area contributed by atoms with Crippen LogP contribution in [-0.4, -0.2) is 5.97 Å². The molecule has 3 aromatic carbocycles. The summed E-state index contributed by atoms with van der Waals surface area (Å²) in [6.07, 6.45) is 0.697. The van der Waals surface area contributed by atoms with Crippen LogP contribution in [0.5, 0.6) is 0 Å². The first-order chi connectivity index (χ1) is 10.7. The second-order valence-electron chi connectivity index (χ2n) is 5.98. The van der Waals surface area contributed by atoms with Gasteiger partial charge in [-0.2, -0.15) is 0 Å². The summed E-state index contributed by atoms with van der Waals surface area (Å²) in [6, 6.07) is 22.1. The highest BCUT2D eigenvalue weighted by molar-refractivity contribution is 5.93. The fourth-order valence-electron chi connectivity index (χ4n) is 3.37. The zero-order valence-corrected chi connectivity index (χ0v) is 12.4. The number of cyclic esters (lactones) is 1. The largest absolute Gasteiger partial charge is 0.450 e. The van der Waals surface area contributed by atoms with E-state index < -0.39 is 5.60 Å². The minimum absolute atomic E-state index is 0.239. The molecule has 0 saturated carbocycles. The summed E-state index contributed by atoms with van der Waals surface area (Å²) in [7, 11) is 0. The highest BCUT2D eigenvalue weighted by atomic mass is 16.6. The van der Waals surface area contributed by atoms with Gasteiger partial charge >= 0.3 is 5.97 Å². The smallest absolute Gasteiger partial charge is 0.339 e. The maximum absolute atomic E-state index is 12.4. The van der Waals surface area contributed by atoms with Crippen LogP contribution in [0.15, 0.2) is 66.7 Å². The minimum Gasteiger partial charge on any atom is -0.450 e. The van der Waals surface area contributed by atoms with Gasteiger partial charge in [-0.05, 0) is 29.3 Å². The van der Waals surface area contributed by atoms with Gasteiger partial charge in [-0.25, -0.2) is 4.79 Å². The van der Waals surface area contributed by atoms with Crippen LogP contribution in [0.3, 0.4) is 0 Å². The molecule has 0 spiro atoms. The highest BCUT2D eigenvalue weighted by Crippen LogP contribution is 2.39. The Morgan fingerprint density at radius 3 is 2.55 bits per heavy atom. The minimum atomic E-state index is -0.633. The molecule has 1 aliphatic heterocycles. The number of hydrogen-bond acceptors (Lipinski definition) is 2. The first kappa shape index (κ1) is 13.1. The van der Waals surface area contributed by atoms with Crippen LogP contribution < -0.4 is 0 Å². The van der Waals surface area contributed by atoms with E-state index in [1.807, 2.05) is 49.4 Å². The van der Waals surface area contributed by atoms with Crippen LogP contribution in [-0.2, 0) is 16.8 Å².